The van der Waals surface area contributed by atoms with E-state index in [4.69, 9.17) is 0 Å². The fraction of sp³-hybridized carbons (Fsp3) is 0.923. The van der Waals surface area contributed by atoms with Crippen LogP contribution in [0.15, 0.2) is 0 Å². The smallest absolute Gasteiger partial charge is 0.237 e. The summed E-state index contributed by atoms with van der Waals surface area (Å²) in [6, 6.07) is 0.320. The third-order valence-corrected chi connectivity index (χ3v) is 3.00. The summed E-state index contributed by atoms with van der Waals surface area (Å²) >= 11 is 0. The first kappa shape index (κ1) is 14.5. The zero-order chi connectivity index (χ0) is 13.1. The summed E-state index contributed by atoms with van der Waals surface area (Å²) in [6.45, 7) is 10.2. The Morgan fingerprint density at radius 2 is 2.06 bits per heavy atom. The molecule has 17 heavy (non-hydrogen) atoms. The Labute approximate surface area is 105 Å². The van der Waals surface area contributed by atoms with E-state index in [0.29, 0.717) is 6.04 Å². The Hall–Kier alpha value is -0.610. The predicted octanol–water partition coefficient (Wildman–Crippen LogP) is 0.973. The zero-order valence-corrected chi connectivity index (χ0v) is 11.8. The van der Waals surface area contributed by atoms with Crippen molar-refractivity contribution in [3.05, 3.63) is 0 Å². The molecule has 1 saturated heterocycles. The highest BCUT2D eigenvalue weighted by Gasteiger charge is 2.23. The molecule has 0 aromatic rings. The Morgan fingerprint density at radius 3 is 2.59 bits per heavy atom. The van der Waals surface area contributed by atoms with Gasteiger partial charge in [0.25, 0.3) is 0 Å². The highest BCUT2D eigenvalue weighted by molar-refractivity contribution is 5.81. The van der Waals surface area contributed by atoms with Gasteiger partial charge in [-0.15, -0.1) is 0 Å². The van der Waals surface area contributed by atoms with Crippen molar-refractivity contribution in [2.24, 2.45) is 0 Å². The van der Waals surface area contributed by atoms with E-state index < -0.39 is 0 Å². The first-order valence-electron chi connectivity index (χ1n) is 6.54. The van der Waals surface area contributed by atoms with Crippen molar-refractivity contribution >= 4 is 5.91 Å². The minimum Gasteiger partial charge on any atom is -0.350 e. The summed E-state index contributed by atoms with van der Waals surface area (Å²) in [5, 5.41) is 6.42. The number of nitrogens with one attached hydrogen (secondary N) is 2. The largest absolute Gasteiger partial charge is 0.350 e. The zero-order valence-electron chi connectivity index (χ0n) is 11.8. The van der Waals surface area contributed by atoms with Gasteiger partial charge in [-0.2, -0.15) is 0 Å². The Bertz CT molecular complexity index is 260. The van der Waals surface area contributed by atoms with Gasteiger partial charge in [-0.25, -0.2) is 0 Å². The van der Waals surface area contributed by atoms with Crippen molar-refractivity contribution < 1.29 is 4.79 Å². The number of carbonyl (C=O) groups is 1. The molecule has 0 aromatic carbocycles. The summed E-state index contributed by atoms with van der Waals surface area (Å²) in [4.78, 5) is 14.2. The van der Waals surface area contributed by atoms with E-state index in [-0.39, 0.29) is 17.5 Å². The number of amides is 1. The molecule has 0 aromatic heterocycles. The Balaban J connectivity index is 2.37. The van der Waals surface area contributed by atoms with E-state index in [1.165, 1.54) is 13.0 Å². The van der Waals surface area contributed by atoms with Crippen molar-refractivity contribution in [2.45, 2.75) is 58.2 Å². The molecule has 0 radical (unpaired) electrons. The van der Waals surface area contributed by atoms with Crippen molar-refractivity contribution in [2.75, 3.05) is 20.1 Å². The van der Waals surface area contributed by atoms with E-state index >= 15 is 0 Å². The van der Waals surface area contributed by atoms with Crippen LogP contribution in [0.2, 0.25) is 0 Å². The third kappa shape index (κ3) is 5.50. The van der Waals surface area contributed by atoms with Crippen LogP contribution in [0, 0.1) is 0 Å². The maximum atomic E-state index is 11.9. The quantitative estimate of drug-likeness (QED) is 0.774. The van der Waals surface area contributed by atoms with E-state index in [1.807, 2.05) is 27.7 Å². The molecule has 4 nitrogen and oxygen atoms in total. The van der Waals surface area contributed by atoms with Gasteiger partial charge in [0.1, 0.15) is 0 Å². The molecule has 1 heterocycles. The molecule has 1 aliphatic heterocycles. The van der Waals surface area contributed by atoms with Gasteiger partial charge in [-0.05, 0) is 54.1 Å². The lowest BCUT2D eigenvalue weighted by Gasteiger charge is -2.33. The molecule has 100 valence electrons. The number of carbonyl (C=O) groups excluding carboxylic acids is 1. The van der Waals surface area contributed by atoms with Gasteiger partial charge in [0.15, 0.2) is 0 Å². The second-order valence-electron chi connectivity index (χ2n) is 6.23. The highest BCUT2D eigenvalue weighted by Crippen LogP contribution is 2.09. The molecular weight excluding hydrogens is 214 g/mol. The lowest BCUT2D eigenvalue weighted by molar-refractivity contribution is -0.124. The van der Waals surface area contributed by atoms with Gasteiger partial charge in [0, 0.05) is 18.1 Å². The van der Waals surface area contributed by atoms with Crippen LogP contribution in [0.1, 0.15) is 40.5 Å². The predicted molar refractivity (Wildman–Crippen MR) is 71.0 cm³/mol. The second kappa shape index (κ2) is 5.83. The summed E-state index contributed by atoms with van der Waals surface area (Å²) < 4.78 is 0. The molecule has 0 bridgehead atoms. The number of hydrogen-bond acceptors (Lipinski definition) is 3. The van der Waals surface area contributed by atoms with Crippen LogP contribution in [-0.2, 0) is 4.79 Å². The van der Waals surface area contributed by atoms with Crippen LogP contribution in [0.3, 0.4) is 0 Å². The van der Waals surface area contributed by atoms with Crippen LogP contribution in [0.25, 0.3) is 0 Å². The molecular formula is C13H27N3O. The molecule has 0 spiro atoms. The van der Waals surface area contributed by atoms with E-state index in [1.54, 1.807) is 0 Å². The molecule has 1 rings (SSSR count). The van der Waals surface area contributed by atoms with Gasteiger partial charge in [0.2, 0.25) is 5.91 Å². The molecule has 1 fully saturated rings. The lowest BCUT2D eigenvalue weighted by atomic mass is 10.0. The average molecular weight is 241 g/mol. The molecule has 2 N–H and O–H groups in total. The number of hydrogen-bond donors (Lipinski definition) is 2. The normalized spacial score (nSPS) is 24.4. The molecule has 2 atom stereocenters. The van der Waals surface area contributed by atoms with Crippen LogP contribution in [0.4, 0.5) is 0 Å². The number of rotatable bonds is 3. The molecule has 4 heteroatoms. The maximum absolute atomic E-state index is 11.9. The Morgan fingerprint density at radius 1 is 1.41 bits per heavy atom. The average Bonchev–Trinajstić information content (AvgIpc) is 2.14. The topological polar surface area (TPSA) is 44.4 Å². The van der Waals surface area contributed by atoms with Crippen LogP contribution >= 0.6 is 0 Å². The van der Waals surface area contributed by atoms with E-state index in [0.717, 1.165) is 13.0 Å². The summed E-state index contributed by atoms with van der Waals surface area (Å²) in [5.74, 6) is 0.0886. The lowest BCUT2D eigenvalue weighted by Crippen LogP contribution is -2.54. The fourth-order valence-electron chi connectivity index (χ4n) is 2.21. The summed E-state index contributed by atoms with van der Waals surface area (Å²) in [7, 11) is 2.13. The molecule has 1 amide bonds. The molecule has 2 unspecified atom stereocenters. The monoisotopic (exact) mass is 241 g/mol. The summed E-state index contributed by atoms with van der Waals surface area (Å²) in [5.41, 5.74) is -0.156. The minimum absolute atomic E-state index is 0.0886. The van der Waals surface area contributed by atoms with Gasteiger partial charge in [-0.1, -0.05) is 0 Å². The van der Waals surface area contributed by atoms with E-state index in [9.17, 15) is 4.79 Å². The molecule has 1 aliphatic rings. The third-order valence-electron chi connectivity index (χ3n) is 3.00. The van der Waals surface area contributed by atoms with Gasteiger partial charge in [0.05, 0.1) is 6.04 Å². The Kier molecular flexibility index (Phi) is 4.95. The fourth-order valence-corrected chi connectivity index (χ4v) is 2.21. The first-order valence-corrected chi connectivity index (χ1v) is 6.54. The first-order chi connectivity index (χ1) is 7.78. The SMILES string of the molecule is CC(NC1CCCN(C)C1)C(=O)NC(C)(C)C. The second-order valence-corrected chi connectivity index (χ2v) is 6.23. The standard InChI is InChI=1S/C13H27N3O/c1-10(12(17)15-13(2,3)4)14-11-7-6-8-16(5)9-11/h10-11,14H,6-9H2,1-5H3,(H,15,17). The van der Waals surface area contributed by atoms with Crippen LogP contribution in [-0.4, -0.2) is 48.6 Å². The van der Waals surface area contributed by atoms with Gasteiger partial charge in [-0.3, -0.25) is 4.79 Å². The van der Waals surface area contributed by atoms with E-state index in [2.05, 4.69) is 22.6 Å². The number of nitrogens with zero attached hydrogens (tertiary/aromatic N) is 1. The van der Waals surface area contributed by atoms with Crippen molar-refractivity contribution in [3.8, 4) is 0 Å². The number of piperidine rings is 1. The maximum Gasteiger partial charge on any atom is 0.237 e. The summed E-state index contributed by atoms with van der Waals surface area (Å²) in [6.07, 6.45) is 2.37. The highest BCUT2D eigenvalue weighted by atomic mass is 16.2. The number of likely N-dealkylation sites (N-methyl/N-ethyl adjacent to an activating group) is 1. The van der Waals surface area contributed by atoms with Crippen molar-refractivity contribution in [1.29, 1.82) is 0 Å². The van der Waals surface area contributed by atoms with Crippen molar-refractivity contribution in [1.82, 2.24) is 15.5 Å². The minimum atomic E-state index is -0.156. The molecule has 0 saturated carbocycles. The van der Waals surface area contributed by atoms with Crippen LogP contribution < -0.4 is 10.6 Å². The number of likely N-dealkylation sites (tertiary alicyclic amines) is 1. The molecule has 0 aliphatic carbocycles. The van der Waals surface area contributed by atoms with Gasteiger partial charge < -0.3 is 15.5 Å². The van der Waals surface area contributed by atoms with Crippen molar-refractivity contribution in [3.63, 3.8) is 0 Å². The van der Waals surface area contributed by atoms with Crippen LogP contribution in [0.5, 0.6) is 0 Å². The van der Waals surface area contributed by atoms with Gasteiger partial charge >= 0.3 is 0 Å².